The van der Waals surface area contributed by atoms with E-state index in [-0.39, 0.29) is 6.03 Å². The maximum Gasteiger partial charge on any atom is 0.317 e. The van der Waals surface area contributed by atoms with Gasteiger partial charge in [0.25, 0.3) is 0 Å². The molecule has 1 aliphatic heterocycles. The molecular formula is C15H19N3OS. The minimum atomic E-state index is 0.0378. The Balaban J connectivity index is 1.59. The monoisotopic (exact) mass is 289 g/mol. The van der Waals surface area contributed by atoms with Crippen LogP contribution in [0.25, 0.3) is 10.2 Å². The van der Waals surface area contributed by atoms with E-state index in [0.29, 0.717) is 12.5 Å². The lowest BCUT2D eigenvalue weighted by atomic mass is 10.0. The predicted octanol–water partition coefficient (Wildman–Crippen LogP) is 3.24. The van der Waals surface area contributed by atoms with Crippen molar-refractivity contribution < 1.29 is 4.79 Å². The average molecular weight is 289 g/mol. The van der Waals surface area contributed by atoms with Crippen LogP contribution in [0.1, 0.15) is 24.8 Å². The summed E-state index contributed by atoms with van der Waals surface area (Å²) in [6, 6.07) is 8.10. The molecule has 0 saturated carbocycles. The van der Waals surface area contributed by atoms with Crippen LogP contribution in [0.5, 0.6) is 0 Å². The molecule has 2 aromatic rings. The van der Waals surface area contributed by atoms with Gasteiger partial charge in [0.2, 0.25) is 0 Å². The van der Waals surface area contributed by atoms with E-state index in [0.717, 1.165) is 30.0 Å². The van der Waals surface area contributed by atoms with Crippen molar-refractivity contribution >= 4 is 27.6 Å². The second kappa shape index (κ2) is 5.79. The Morgan fingerprint density at radius 3 is 3.15 bits per heavy atom. The van der Waals surface area contributed by atoms with Gasteiger partial charge in [-0.1, -0.05) is 19.1 Å². The van der Waals surface area contributed by atoms with E-state index < -0.39 is 0 Å². The minimum Gasteiger partial charge on any atom is -0.331 e. The molecule has 1 N–H and O–H groups in total. The van der Waals surface area contributed by atoms with Gasteiger partial charge in [0, 0.05) is 13.1 Å². The van der Waals surface area contributed by atoms with Crippen molar-refractivity contribution in [1.82, 2.24) is 15.2 Å². The first-order chi connectivity index (χ1) is 9.72. The molecule has 1 aromatic carbocycles. The molecule has 0 spiro atoms. The smallest absolute Gasteiger partial charge is 0.317 e. The highest BCUT2D eigenvalue weighted by molar-refractivity contribution is 7.18. The molecule has 0 aliphatic carbocycles. The summed E-state index contributed by atoms with van der Waals surface area (Å²) in [5, 5.41) is 3.95. The number of thiazole rings is 1. The van der Waals surface area contributed by atoms with E-state index in [9.17, 15) is 4.79 Å². The Morgan fingerprint density at radius 2 is 2.35 bits per heavy atom. The zero-order valence-electron chi connectivity index (χ0n) is 11.6. The van der Waals surface area contributed by atoms with Crippen LogP contribution in [0.3, 0.4) is 0 Å². The minimum absolute atomic E-state index is 0.0378. The molecule has 1 saturated heterocycles. The molecule has 5 heteroatoms. The van der Waals surface area contributed by atoms with Gasteiger partial charge >= 0.3 is 6.03 Å². The SMILES string of the molecule is CC1CCCN(C(=O)NCc2nc3ccccc3s2)C1. The van der Waals surface area contributed by atoms with Gasteiger partial charge in [-0.3, -0.25) is 0 Å². The quantitative estimate of drug-likeness (QED) is 0.922. The standard InChI is InChI=1S/C15H19N3OS/c1-11-5-4-8-18(10-11)15(19)16-9-14-17-12-6-2-3-7-13(12)20-14/h2-3,6-7,11H,4-5,8-10H2,1H3,(H,16,19). The molecule has 4 nitrogen and oxygen atoms in total. The van der Waals surface area contributed by atoms with Gasteiger partial charge in [0.05, 0.1) is 16.8 Å². The Morgan fingerprint density at radius 1 is 1.50 bits per heavy atom. The number of likely N-dealkylation sites (tertiary alicyclic amines) is 1. The second-order valence-electron chi connectivity index (χ2n) is 5.43. The molecule has 3 rings (SSSR count). The Kier molecular flexibility index (Phi) is 3.87. The summed E-state index contributed by atoms with van der Waals surface area (Å²) < 4.78 is 1.17. The van der Waals surface area contributed by atoms with Crippen molar-refractivity contribution in [3.05, 3.63) is 29.3 Å². The van der Waals surface area contributed by atoms with Gasteiger partial charge in [0.15, 0.2) is 0 Å². The van der Waals surface area contributed by atoms with E-state index in [1.54, 1.807) is 11.3 Å². The normalized spacial score (nSPS) is 19.2. The summed E-state index contributed by atoms with van der Waals surface area (Å²) in [7, 11) is 0. The van der Waals surface area contributed by atoms with Gasteiger partial charge in [-0.15, -0.1) is 11.3 Å². The number of amides is 2. The van der Waals surface area contributed by atoms with Crippen molar-refractivity contribution in [1.29, 1.82) is 0 Å². The zero-order chi connectivity index (χ0) is 13.9. The van der Waals surface area contributed by atoms with Gasteiger partial charge in [-0.05, 0) is 30.9 Å². The molecule has 20 heavy (non-hydrogen) atoms. The Bertz CT molecular complexity index is 577. The second-order valence-corrected chi connectivity index (χ2v) is 6.54. The lowest BCUT2D eigenvalue weighted by Crippen LogP contribution is -2.44. The third-order valence-corrected chi connectivity index (χ3v) is 4.71. The van der Waals surface area contributed by atoms with Crippen molar-refractivity contribution in [3.8, 4) is 0 Å². The fourth-order valence-corrected chi connectivity index (χ4v) is 3.54. The third-order valence-electron chi connectivity index (χ3n) is 3.67. The van der Waals surface area contributed by atoms with E-state index in [4.69, 9.17) is 0 Å². The van der Waals surface area contributed by atoms with Gasteiger partial charge in [-0.25, -0.2) is 9.78 Å². The first-order valence-electron chi connectivity index (χ1n) is 7.09. The van der Waals surface area contributed by atoms with Crippen LogP contribution >= 0.6 is 11.3 Å². The zero-order valence-corrected chi connectivity index (χ0v) is 12.4. The molecule has 2 heterocycles. The molecule has 2 amide bonds. The van der Waals surface area contributed by atoms with Crippen LogP contribution in [0.15, 0.2) is 24.3 Å². The highest BCUT2D eigenvalue weighted by Gasteiger charge is 2.20. The van der Waals surface area contributed by atoms with E-state index in [2.05, 4.69) is 23.3 Å². The number of carbonyl (C=O) groups is 1. The van der Waals surface area contributed by atoms with Crippen molar-refractivity contribution in [2.45, 2.75) is 26.3 Å². The number of para-hydroxylation sites is 1. The third kappa shape index (κ3) is 2.93. The highest BCUT2D eigenvalue weighted by atomic mass is 32.1. The molecule has 0 radical (unpaired) electrons. The van der Waals surface area contributed by atoms with Crippen molar-refractivity contribution in [3.63, 3.8) is 0 Å². The number of carbonyl (C=O) groups excluding carboxylic acids is 1. The fourth-order valence-electron chi connectivity index (χ4n) is 2.63. The van der Waals surface area contributed by atoms with Crippen LogP contribution in [0.4, 0.5) is 4.79 Å². The van der Waals surface area contributed by atoms with E-state index in [1.165, 1.54) is 11.1 Å². The van der Waals surface area contributed by atoms with Gasteiger partial charge in [-0.2, -0.15) is 0 Å². The molecule has 106 valence electrons. The summed E-state index contributed by atoms with van der Waals surface area (Å²) in [6.07, 6.45) is 2.33. The number of urea groups is 1. The van der Waals surface area contributed by atoms with Crippen LogP contribution in [-0.2, 0) is 6.54 Å². The number of aromatic nitrogens is 1. The van der Waals surface area contributed by atoms with Gasteiger partial charge in [0.1, 0.15) is 5.01 Å². The highest BCUT2D eigenvalue weighted by Crippen LogP contribution is 2.21. The van der Waals surface area contributed by atoms with Crippen LogP contribution in [0.2, 0.25) is 0 Å². The van der Waals surface area contributed by atoms with E-state index >= 15 is 0 Å². The average Bonchev–Trinajstić information content (AvgIpc) is 2.87. The number of hydrogen-bond acceptors (Lipinski definition) is 3. The number of nitrogens with zero attached hydrogens (tertiary/aromatic N) is 2. The van der Waals surface area contributed by atoms with Gasteiger partial charge < -0.3 is 10.2 Å². The first-order valence-corrected chi connectivity index (χ1v) is 7.91. The Labute approximate surface area is 122 Å². The molecule has 1 fully saturated rings. The summed E-state index contributed by atoms with van der Waals surface area (Å²) >= 11 is 1.64. The topological polar surface area (TPSA) is 45.2 Å². The predicted molar refractivity (Wildman–Crippen MR) is 81.8 cm³/mol. The van der Waals surface area contributed by atoms with E-state index in [1.807, 2.05) is 23.1 Å². The summed E-state index contributed by atoms with van der Waals surface area (Å²) in [5.41, 5.74) is 1.01. The molecule has 1 aromatic heterocycles. The van der Waals surface area contributed by atoms with Crippen LogP contribution in [0, 0.1) is 5.92 Å². The Hall–Kier alpha value is -1.62. The summed E-state index contributed by atoms with van der Waals surface area (Å²) in [4.78, 5) is 18.6. The largest absolute Gasteiger partial charge is 0.331 e. The van der Waals surface area contributed by atoms with Crippen molar-refractivity contribution in [2.75, 3.05) is 13.1 Å². The molecule has 1 unspecified atom stereocenters. The maximum absolute atomic E-state index is 12.1. The fraction of sp³-hybridized carbons (Fsp3) is 0.467. The first kappa shape index (κ1) is 13.4. The number of fused-ring (bicyclic) bond motifs is 1. The molecular weight excluding hydrogens is 270 g/mol. The van der Waals surface area contributed by atoms with Crippen LogP contribution < -0.4 is 5.32 Å². The molecule has 1 atom stereocenters. The summed E-state index contributed by atoms with van der Waals surface area (Å²) in [6.45, 7) is 4.46. The molecule has 0 bridgehead atoms. The number of hydrogen-bond donors (Lipinski definition) is 1. The summed E-state index contributed by atoms with van der Waals surface area (Å²) in [5.74, 6) is 0.608. The number of benzene rings is 1. The lowest BCUT2D eigenvalue weighted by molar-refractivity contribution is 0.169. The number of piperidine rings is 1. The number of nitrogens with one attached hydrogen (secondary N) is 1. The van der Waals surface area contributed by atoms with Crippen molar-refractivity contribution in [2.24, 2.45) is 5.92 Å². The number of rotatable bonds is 2. The maximum atomic E-state index is 12.1. The lowest BCUT2D eigenvalue weighted by Gasteiger charge is -2.30. The molecule has 1 aliphatic rings. The van der Waals surface area contributed by atoms with Crippen LogP contribution in [-0.4, -0.2) is 29.0 Å².